The molecule has 5 nitrogen and oxygen atoms in total. The summed E-state index contributed by atoms with van der Waals surface area (Å²) in [6.45, 7) is 3.99. The number of rotatable bonds is 5. The van der Waals surface area contributed by atoms with E-state index in [1.165, 1.54) is 4.68 Å². The third kappa shape index (κ3) is 4.36. The lowest BCUT2D eigenvalue weighted by Gasteiger charge is -2.09. The molecule has 0 saturated heterocycles. The molecule has 3 rings (SSSR count). The van der Waals surface area contributed by atoms with Crippen molar-refractivity contribution in [2.24, 2.45) is 0 Å². The number of aromatic nitrogens is 2. The summed E-state index contributed by atoms with van der Waals surface area (Å²) in [4.78, 5) is 12.4. The highest BCUT2D eigenvalue weighted by molar-refractivity contribution is 6.32. The Balaban J connectivity index is 1.66. The zero-order chi connectivity index (χ0) is 18.7. The van der Waals surface area contributed by atoms with Gasteiger partial charge in [0.25, 0.3) is 5.91 Å². The number of ether oxygens (including phenoxy) is 1. The maximum absolute atomic E-state index is 12.4. The summed E-state index contributed by atoms with van der Waals surface area (Å²) in [7, 11) is 0. The van der Waals surface area contributed by atoms with Crippen molar-refractivity contribution in [3.8, 4) is 5.75 Å². The van der Waals surface area contributed by atoms with E-state index in [1.54, 1.807) is 30.5 Å². The molecule has 26 heavy (non-hydrogen) atoms. The standard InChI is InChI=1S/C19H17Cl2N3O2/c1-12-3-6-15(21)18(9-12)26-11-24-8-7-16(23-24)19(25)22-17-10-14(20)5-4-13(17)2/h3-10H,11H2,1-2H3,(H,22,25). The molecular weight excluding hydrogens is 373 g/mol. The minimum Gasteiger partial charge on any atom is -0.470 e. The Bertz CT molecular complexity index is 954. The van der Waals surface area contributed by atoms with E-state index in [4.69, 9.17) is 27.9 Å². The number of nitrogens with zero attached hydrogens (tertiary/aromatic N) is 2. The van der Waals surface area contributed by atoms with Gasteiger partial charge in [0, 0.05) is 16.9 Å². The lowest BCUT2D eigenvalue weighted by atomic mass is 10.2. The summed E-state index contributed by atoms with van der Waals surface area (Å²) in [6, 6.07) is 12.5. The molecule has 0 aliphatic carbocycles. The molecule has 1 aromatic heterocycles. The number of hydrogen-bond acceptors (Lipinski definition) is 3. The molecular formula is C19H17Cl2N3O2. The highest BCUT2D eigenvalue weighted by Gasteiger charge is 2.12. The van der Waals surface area contributed by atoms with Gasteiger partial charge in [-0.05, 0) is 55.3 Å². The normalized spacial score (nSPS) is 10.6. The predicted molar refractivity (Wildman–Crippen MR) is 103 cm³/mol. The molecule has 0 bridgehead atoms. The van der Waals surface area contributed by atoms with Gasteiger partial charge in [-0.3, -0.25) is 4.79 Å². The van der Waals surface area contributed by atoms with Gasteiger partial charge in [-0.25, -0.2) is 4.68 Å². The molecule has 7 heteroatoms. The van der Waals surface area contributed by atoms with Crippen LogP contribution in [0.2, 0.25) is 10.0 Å². The number of amides is 1. The van der Waals surface area contributed by atoms with Crippen molar-refractivity contribution in [1.82, 2.24) is 9.78 Å². The smallest absolute Gasteiger partial charge is 0.276 e. The van der Waals surface area contributed by atoms with Crippen LogP contribution < -0.4 is 10.1 Å². The van der Waals surface area contributed by atoms with Crippen LogP contribution in [0.15, 0.2) is 48.7 Å². The Hall–Kier alpha value is -2.50. The topological polar surface area (TPSA) is 56.1 Å². The fraction of sp³-hybridized carbons (Fsp3) is 0.158. The second kappa shape index (κ2) is 7.81. The Morgan fingerprint density at radius 2 is 1.96 bits per heavy atom. The van der Waals surface area contributed by atoms with Crippen LogP contribution in [0.3, 0.4) is 0 Å². The Morgan fingerprint density at radius 3 is 2.77 bits per heavy atom. The molecule has 3 aromatic rings. The molecule has 0 fully saturated rings. The molecule has 0 atom stereocenters. The highest BCUT2D eigenvalue weighted by atomic mass is 35.5. The highest BCUT2D eigenvalue weighted by Crippen LogP contribution is 2.25. The average Bonchev–Trinajstić information content (AvgIpc) is 3.08. The van der Waals surface area contributed by atoms with Gasteiger partial charge in [-0.2, -0.15) is 5.10 Å². The molecule has 0 saturated carbocycles. The number of aryl methyl sites for hydroxylation is 2. The van der Waals surface area contributed by atoms with Gasteiger partial charge < -0.3 is 10.1 Å². The lowest BCUT2D eigenvalue weighted by molar-refractivity contribution is 0.102. The van der Waals surface area contributed by atoms with Crippen LogP contribution >= 0.6 is 23.2 Å². The molecule has 1 amide bonds. The van der Waals surface area contributed by atoms with Crippen molar-refractivity contribution in [3.05, 3.63) is 75.5 Å². The molecule has 0 spiro atoms. The zero-order valence-corrected chi connectivity index (χ0v) is 15.8. The van der Waals surface area contributed by atoms with Gasteiger partial charge in [0.1, 0.15) is 5.75 Å². The van der Waals surface area contributed by atoms with Crippen molar-refractivity contribution in [2.45, 2.75) is 20.6 Å². The van der Waals surface area contributed by atoms with Crippen molar-refractivity contribution < 1.29 is 9.53 Å². The van der Waals surface area contributed by atoms with E-state index in [0.717, 1.165) is 11.1 Å². The van der Waals surface area contributed by atoms with Crippen LogP contribution in [0.1, 0.15) is 21.6 Å². The van der Waals surface area contributed by atoms with E-state index < -0.39 is 0 Å². The van der Waals surface area contributed by atoms with Gasteiger partial charge in [0.05, 0.1) is 5.02 Å². The van der Waals surface area contributed by atoms with Gasteiger partial charge in [-0.15, -0.1) is 0 Å². The molecule has 0 aliphatic heterocycles. The summed E-state index contributed by atoms with van der Waals surface area (Å²) in [5.74, 6) is 0.255. The average molecular weight is 390 g/mol. The first-order valence-corrected chi connectivity index (χ1v) is 8.68. The number of anilines is 1. The Labute approximate surface area is 161 Å². The molecule has 0 unspecified atom stereocenters. The van der Waals surface area contributed by atoms with Crippen molar-refractivity contribution in [1.29, 1.82) is 0 Å². The molecule has 1 heterocycles. The van der Waals surface area contributed by atoms with E-state index in [-0.39, 0.29) is 18.3 Å². The monoisotopic (exact) mass is 389 g/mol. The van der Waals surface area contributed by atoms with Gasteiger partial charge in [0.2, 0.25) is 0 Å². The van der Waals surface area contributed by atoms with Crippen LogP contribution in [0.25, 0.3) is 0 Å². The zero-order valence-electron chi connectivity index (χ0n) is 14.3. The number of carbonyl (C=O) groups excluding carboxylic acids is 1. The van der Waals surface area contributed by atoms with Gasteiger partial charge >= 0.3 is 0 Å². The Morgan fingerprint density at radius 1 is 1.15 bits per heavy atom. The summed E-state index contributed by atoms with van der Waals surface area (Å²) >= 11 is 12.1. The quantitative estimate of drug-likeness (QED) is 0.660. The largest absolute Gasteiger partial charge is 0.470 e. The maximum Gasteiger partial charge on any atom is 0.276 e. The first-order chi connectivity index (χ1) is 12.4. The minimum absolute atomic E-state index is 0.145. The SMILES string of the molecule is Cc1ccc(Cl)c(OCn2ccc(C(=O)Nc3cc(Cl)ccc3C)n2)c1. The first-order valence-electron chi connectivity index (χ1n) is 7.92. The number of carbonyl (C=O) groups is 1. The molecule has 0 radical (unpaired) electrons. The molecule has 0 aliphatic rings. The van der Waals surface area contributed by atoms with Crippen molar-refractivity contribution in [3.63, 3.8) is 0 Å². The number of nitrogens with one attached hydrogen (secondary N) is 1. The van der Waals surface area contributed by atoms with Gasteiger partial charge in [0.15, 0.2) is 12.4 Å². The van der Waals surface area contributed by atoms with Crippen LogP contribution in [0.4, 0.5) is 5.69 Å². The van der Waals surface area contributed by atoms with E-state index in [2.05, 4.69) is 10.4 Å². The van der Waals surface area contributed by atoms with E-state index in [0.29, 0.717) is 21.5 Å². The number of hydrogen-bond donors (Lipinski definition) is 1. The van der Waals surface area contributed by atoms with Crippen molar-refractivity contribution >= 4 is 34.8 Å². The minimum atomic E-state index is -0.317. The van der Waals surface area contributed by atoms with Crippen LogP contribution in [-0.2, 0) is 6.73 Å². The summed E-state index contributed by atoms with van der Waals surface area (Å²) in [6.07, 6.45) is 1.67. The third-order valence-corrected chi connectivity index (χ3v) is 4.31. The van der Waals surface area contributed by atoms with Crippen LogP contribution in [0, 0.1) is 13.8 Å². The molecule has 1 N–H and O–H groups in total. The van der Waals surface area contributed by atoms with Crippen molar-refractivity contribution in [2.75, 3.05) is 5.32 Å². The summed E-state index contributed by atoms with van der Waals surface area (Å²) in [5, 5.41) is 8.12. The van der Waals surface area contributed by atoms with Crippen LogP contribution in [0.5, 0.6) is 5.75 Å². The lowest BCUT2D eigenvalue weighted by Crippen LogP contribution is -2.15. The second-order valence-corrected chi connectivity index (χ2v) is 6.70. The van der Waals surface area contributed by atoms with E-state index in [1.807, 2.05) is 32.0 Å². The fourth-order valence-electron chi connectivity index (χ4n) is 2.33. The predicted octanol–water partition coefficient (Wildman–Crippen LogP) is 5.10. The second-order valence-electron chi connectivity index (χ2n) is 5.86. The summed E-state index contributed by atoms with van der Waals surface area (Å²) in [5.41, 5.74) is 2.89. The molecule has 2 aromatic carbocycles. The van der Waals surface area contributed by atoms with E-state index >= 15 is 0 Å². The maximum atomic E-state index is 12.4. The van der Waals surface area contributed by atoms with E-state index in [9.17, 15) is 4.79 Å². The fourth-order valence-corrected chi connectivity index (χ4v) is 2.67. The third-order valence-electron chi connectivity index (χ3n) is 3.76. The Kier molecular flexibility index (Phi) is 5.49. The number of benzene rings is 2. The summed E-state index contributed by atoms with van der Waals surface area (Å²) < 4.78 is 7.20. The first kappa shape index (κ1) is 18.3. The van der Waals surface area contributed by atoms with Crippen LogP contribution in [-0.4, -0.2) is 15.7 Å². The molecule has 134 valence electrons. The van der Waals surface area contributed by atoms with Gasteiger partial charge in [-0.1, -0.05) is 35.3 Å². The number of halogens is 2.